The second-order valence-corrected chi connectivity index (χ2v) is 13.7. The Labute approximate surface area is 290 Å². The van der Waals surface area contributed by atoms with E-state index < -0.39 is 23.9 Å². The maximum absolute atomic E-state index is 14.5. The molecule has 3 amide bonds. The fourth-order valence-corrected chi connectivity index (χ4v) is 7.49. The summed E-state index contributed by atoms with van der Waals surface area (Å²) in [6, 6.07) is 29.9. The van der Waals surface area contributed by atoms with Gasteiger partial charge in [-0.1, -0.05) is 91.7 Å². The van der Waals surface area contributed by atoms with E-state index in [1.807, 2.05) is 63.4 Å². The molecule has 7 rings (SSSR count). The van der Waals surface area contributed by atoms with Gasteiger partial charge in [-0.3, -0.25) is 25.2 Å². The number of hydrogen-bond acceptors (Lipinski definition) is 3. The Morgan fingerprint density at radius 3 is 2.31 bits per heavy atom. The summed E-state index contributed by atoms with van der Waals surface area (Å²) in [5, 5.41) is 2.39. The van der Waals surface area contributed by atoms with Gasteiger partial charge >= 0.3 is 0 Å². The van der Waals surface area contributed by atoms with Crippen LogP contribution in [-0.4, -0.2) is 37.8 Å². The Morgan fingerprint density at radius 2 is 1.55 bits per heavy atom. The van der Waals surface area contributed by atoms with E-state index in [4.69, 9.17) is 11.6 Å². The van der Waals surface area contributed by atoms with Crippen molar-refractivity contribution in [3.63, 3.8) is 0 Å². The van der Waals surface area contributed by atoms with Crippen LogP contribution in [-0.2, 0) is 18.9 Å². The molecule has 4 aromatic carbocycles. The summed E-state index contributed by atoms with van der Waals surface area (Å²) in [5.41, 5.74) is 13.0. The van der Waals surface area contributed by atoms with Crippen LogP contribution < -0.4 is 10.9 Å². The molecule has 0 bridgehead atoms. The molecule has 0 saturated heterocycles. The van der Waals surface area contributed by atoms with Gasteiger partial charge in [0.05, 0.1) is 11.7 Å². The van der Waals surface area contributed by atoms with E-state index in [0.29, 0.717) is 22.7 Å². The van der Waals surface area contributed by atoms with Crippen LogP contribution in [0.15, 0.2) is 97.1 Å². The summed E-state index contributed by atoms with van der Waals surface area (Å²) in [4.78, 5) is 44.0. The molecule has 0 spiro atoms. The van der Waals surface area contributed by atoms with E-state index in [-0.39, 0.29) is 11.8 Å². The Bertz CT molecular complexity index is 2270. The van der Waals surface area contributed by atoms with E-state index in [1.165, 1.54) is 0 Å². The summed E-state index contributed by atoms with van der Waals surface area (Å²) >= 11 is 6.19. The van der Waals surface area contributed by atoms with Crippen molar-refractivity contribution < 1.29 is 14.4 Å². The molecule has 2 N–H and O–H groups in total. The number of aryl methyl sites for hydroxylation is 3. The number of rotatable bonds is 7. The maximum atomic E-state index is 14.5. The number of fused-ring (bicyclic) bond motifs is 3. The Morgan fingerprint density at radius 1 is 0.837 bits per heavy atom. The van der Waals surface area contributed by atoms with Crippen LogP contribution in [0.5, 0.6) is 0 Å². The van der Waals surface area contributed by atoms with Crippen LogP contribution in [0.25, 0.3) is 33.1 Å². The first kappa shape index (κ1) is 32.2. The smallest absolute Gasteiger partial charge is 0.286 e. The van der Waals surface area contributed by atoms with Gasteiger partial charge in [0.1, 0.15) is 11.7 Å². The molecular formula is C40H38ClN5O3. The summed E-state index contributed by atoms with van der Waals surface area (Å²) in [5.74, 6) is -1.10. The number of para-hydroxylation sites is 1. The maximum Gasteiger partial charge on any atom is 0.286 e. The highest BCUT2D eigenvalue weighted by molar-refractivity contribution is 6.31. The average molecular weight is 672 g/mol. The second kappa shape index (κ2) is 12.6. The third-order valence-electron chi connectivity index (χ3n) is 9.61. The first-order valence-electron chi connectivity index (χ1n) is 16.5. The minimum Gasteiger partial charge on any atom is -0.343 e. The van der Waals surface area contributed by atoms with Gasteiger partial charge in [-0.25, -0.2) is 0 Å². The predicted octanol–water partition coefficient (Wildman–Crippen LogP) is 7.72. The Kier molecular flexibility index (Phi) is 8.28. The molecule has 1 aliphatic heterocycles. The third kappa shape index (κ3) is 5.56. The molecule has 8 nitrogen and oxygen atoms in total. The molecule has 1 aliphatic rings. The van der Waals surface area contributed by atoms with Gasteiger partial charge in [0.15, 0.2) is 0 Å². The molecule has 6 aromatic rings. The largest absolute Gasteiger partial charge is 0.343 e. The average Bonchev–Trinajstić information content (AvgIpc) is 3.68. The van der Waals surface area contributed by atoms with Crippen molar-refractivity contribution in [1.29, 1.82) is 0 Å². The lowest BCUT2D eigenvalue weighted by Gasteiger charge is -2.34. The van der Waals surface area contributed by atoms with E-state index in [0.717, 1.165) is 49.8 Å². The Hall–Kier alpha value is -5.34. The summed E-state index contributed by atoms with van der Waals surface area (Å²) in [6.07, 6.45) is 0.384. The van der Waals surface area contributed by atoms with E-state index in [9.17, 15) is 14.4 Å². The number of nitrogens with one attached hydrogen (secondary N) is 2. The number of amides is 3. The number of carbonyl (C=O) groups excluding carboxylic acids is 3. The zero-order valence-corrected chi connectivity index (χ0v) is 28.9. The van der Waals surface area contributed by atoms with E-state index in [1.54, 1.807) is 34.7 Å². The van der Waals surface area contributed by atoms with Crippen LogP contribution in [0, 0.1) is 12.8 Å². The van der Waals surface area contributed by atoms with Crippen molar-refractivity contribution in [3.8, 4) is 11.3 Å². The zero-order chi connectivity index (χ0) is 34.6. The SMILES string of the molecule is Cc1ccc(-c2c(C3c4ccccc4C(=O)N3C(CC(C)C)C(=O)NNC(=O)c3cc4cc(Cl)ccc4n3C)c3ccccc3n2C)cc1. The standard InChI is InChI=1S/C40H38ClN5O3/c1-23(2)20-34(39(48)43-42-38(47)33-22-26-21-27(41)18-19-31(26)44(33)4)46-37(28-10-6-7-11-29(28)40(46)49)35-30-12-8-9-13-32(30)45(5)36(35)25-16-14-24(3)15-17-25/h6-19,21-23,34,37H,20H2,1-5H3,(H,42,47)(H,43,48). The summed E-state index contributed by atoms with van der Waals surface area (Å²) in [6.45, 7) is 6.11. The Balaban J connectivity index is 1.31. The molecule has 2 unspecified atom stereocenters. The number of carbonyl (C=O) groups is 3. The monoisotopic (exact) mass is 671 g/mol. The topological polar surface area (TPSA) is 88.4 Å². The molecule has 248 valence electrons. The highest BCUT2D eigenvalue weighted by atomic mass is 35.5. The van der Waals surface area contributed by atoms with Gasteiger partial charge in [-0.15, -0.1) is 0 Å². The van der Waals surface area contributed by atoms with Gasteiger partial charge in [0.2, 0.25) is 0 Å². The zero-order valence-electron chi connectivity index (χ0n) is 28.1. The van der Waals surface area contributed by atoms with Crippen LogP contribution in [0.2, 0.25) is 5.02 Å². The fourth-order valence-electron chi connectivity index (χ4n) is 7.31. The van der Waals surface area contributed by atoms with Crippen molar-refractivity contribution in [3.05, 3.63) is 130 Å². The van der Waals surface area contributed by atoms with Gasteiger partial charge in [-0.05, 0) is 66.8 Å². The molecular weight excluding hydrogens is 634 g/mol. The number of nitrogens with zero attached hydrogens (tertiary/aromatic N) is 3. The van der Waals surface area contributed by atoms with Crippen molar-refractivity contribution >= 4 is 51.1 Å². The lowest BCUT2D eigenvalue weighted by molar-refractivity contribution is -0.127. The molecule has 3 heterocycles. The molecule has 0 saturated carbocycles. The normalized spacial score (nSPS) is 14.9. The van der Waals surface area contributed by atoms with Crippen molar-refractivity contribution in [2.45, 2.75) is 39.3 Å². The first-order valence-corrected chi connectivity index (χ1v) is 16.8. The van der Waals surface area contributed by atoms with Crippen molar-refractivity contribution in [1.82, 2.24) is 24.9 Å². The molecule has 9 heteroatoms. The summed E-state index contributed by atoms with van der Waals surface area (Å²) in [7, 11) is 3.83. The van der Waals surface area contributed by atoms with Crippen LogP contribution in [0.3, 0.4) is 0 Å². The first-order chi connectivity index (χ1) is 23.5. The number of aromatic nitrogens is 2. The minimum atomic E-state index is -0.888. The number of hydrogen-bond donors (Lipinski definition) is 2. The predicted molar refractivity (Wildman–Crippen MR) is 194 cm³/mol. The minimum absolute atomic E-state index is 0.0654. The molecule has 0 fully saturated rings. The summed E-state index contributed by atoms with van der Waals surface area (Å²) < 4.78 is 3.93. The number of hydrazine groups is 1. The van der Waals surface area contributed by atoms with Gasteiger partial charge in [0, 0.05) is 52.1 Å². The van der Waals surface area contributed by atoms with Crippen LogP contribution in [0.1, 0.15) is 63.8 Å². The van der Waals surface area contributed by atoms with E-state index in [2.05, 4.69) is 58.7 Å². The molecule has 49 heavy (non-hydrogen) atoms. The quantitative estimate of drug-likeness (QED) is 0.170. The third-order valence-corrected chi connectivity index (χ3v) is 9.85. The van der Waals surface area contributed by atoms with Crippen LogP contribution >= 0.6 is 11.6 Å². The van der Waals surface area contributed by atoms with Crippen molar-refractivity contribution in [2.75, 3.05) is 0 Å². The van der Waals surface area contributed by atoms with E-state index >= 15 is 0 Å². The molecule has 0 aliphatic carbocycles. The molecule has 2 atom stereocenters. The fraction of sp³-hybridized carbons (Fsp3) is 0.225. The highest BCUT2D eigenvalue weighted by Crippen LogP contribution is 2.47. The van der Waals surface area contributed by atoms with Gasteiger partial charge < -0.3 is 14.0 Å². The number of benzene rings is 4. The highest BCUT2D eigenvalue weighted by Gasteiger charge is 2.46. The second-order valence-electron chi connectivity index (χ2n) is 13.3. The molecule has 0 radical (unpaired) electrons. The van der Waals surface area contributed by atoms with Crippen LogP contribution in [0.4, 0.5) is 0 Å². The molecule has 2 aromatic heterocycles. The lowest BCUT2D eigenvalue weighted by Crippen LogP contribution is -2.54. The van der Waals surface area contributed by atoms with Crippen molar-refractivity contribution in [2.24, 2.45) is 20.0 Å². The lowest BCUT2D eigenvalue weighted by atomic mass is 9.91. The number of halogens is 1. The van der Waals surface area contributed by atoms with Gasteiger partial charge in [0.25, 0.3) is 17.7 Å². The van der Waals surface area contributed by atoms with Gasteiger partial charge in [-0.2, -0.15) is 0 Å².